The Morgan fingerprint density at radius 1 is 1.13 bits per heavy atom. The zero-order valence-electron chi connectivity index (χ0n) is 17.1. The summed E-state index contributed by atoms with van der Waals surface area (Å²) in [6.07, 6.45) is 17.1. The molecule has 4 heterocycles. The van der Waals surface area contributed by atoms with E-state index >= 15 is 0 Å². The van der Waals surface area contributed by atoms with E-state index in [4.69, 9.17) is 0 Å². The third-order valence-electron chi connectivity index (χ3n) is 5.65. The Balaban J connectivity index is 1.49. The van der Waals surface area contributed by atoms with E-state index < -0.39 is 0 Å². The van der Waals surface area contributed by atoms with Crippen molar-refractivity contribution in [2.45, 2.75) is 13.3 Å². The van der Waals surface area contributed by atoms with Gasteiger partial charge in [0.05, 0.1) is 15.2 Å². The number of rotatable bonds is 2. The summed E-state index contributed by atoms with van der Waals surface area (Å²) < 4.78 is 1.14. The van der Waals surface area contributed by atoms with Crippen LogP contribution in [0.3, 0.4) is 0 Å². The molecule has 0 unspecified atom stereocenters. The first-order valence-corrected chi connectivity index (χ1v) is 11.0. The van der Waals surface area contributed by atoms with Crippen molar-refractivity contribution in [3.8, 4) is 0 Å². The zero-order valence-corrected chi connectivity index (χ0v) is 17.9. The van der Waals surface area contributed by atoms with Gasteiger partial charge in [0.2, 0.25) is 0 Å². The molecule has 4 nitrogen and oxygen atoms in total. The molecule has 5 rings (SSSR count). The number of carbonyl (C=O) groups excluding carboxylic acids is 1. The van der Waals surface area contributed by atoms with Gasteiger partial charge < -0.3 is 4.90 Å². The fraction of sp³-hybridized carbons (Fsp3) is 0.200. The highest BCUT2D eigenvalue weighted by Gasteiger charge is 2.21. The number of likely N-dealkylation sites (N-methyl/N-ethyl adjacent to an activating group) is 1. The predicted molar refractivity (Wildman–Crippen MR) is 124 cm³/mol. The molecule has 3 aliphatic rings. The lowest BCUT2D eigenvalue weighted by molar-refractivity contribution is -0.122. The summed E-state index contributed by atoms with van der Waals surface area (Å²) in [5.41, 5.74) is 6.26. The summed E-state index contributed by atoms with van der Waals surface area (Å²) in [5.74, 6) is -0.0310. The van der Waals surface area contributed by atoms with E-state index in [1.54, 1.807) is 22.3 Å². The monoisotopic (exact) mass is 413 g/mol. The van der Waals surface area contributed by atoms with E-state index in [2.05, 4.69) is 35.1 Å². The molecule has 0 saturated heterocycles. The molecule has 1 amide bonds. The number of aromatic nitrogens is 1. The Labute approximate surface area is 180 Å². The van der Waals surface area contributed by atoms with E-state index in [-0.39, 0.29) is 5.91 Å². The van der Waals surface area contributed by atoms with Crippen LogP contribution in [0, 0.1) is 6.92 Å². The lowest BCUT2D eigenvalue weighted by atomic mass is 9.97. The van der Waals surface area contributed by atoms with Crippen molar-refractivity contribution in [3.63, 3.8) is 0 Å². The molecule has 2 aromatic rings. The van der Waals surface area contributed by atoms with Crippen LogP contribution in [0.1, 0.15) is 17.0 Å². The van der Waals surface area contributed by atoms with Crippen LogP contribution in [0.25, 0.3) is 15.8 Å². The topological polar surface area (TPSA) is 36.4 Å². The van der Waals surface area contributed by atoms with Crippen LogP contribution in [0.5, 0.6) is 0 Å². The van der Waals surface area contributed by atoms with Gasteiger partial charge in [0, 0.05) is 31.1 Å². The maximum Gasteiger partial charge on any atom is 0.255 e. The maximum absolute atomic E-state index is 13.2. The number of thiazole rings is 1. The highest BCUT2D eigenvalue weighted by Crippen LogP contribution is 2.30. The molecule has 0 spiro atoms. The average molecular weight is 414 g/mol. The van der Waals surface area contributed by atoms with E-state index in [1.807, 2.05) is 49.6 Å². The highest BCUT2D eigenvalue weighted by molar-refractivity contribution is 7.18. The van der Waals surface area contributed by atoms with Crippen LogP contribution in [0.2, 0.25) is 0 Å². The SMILES string of the molecule is Cc1nc2ccc(C3=CC(=O)N4C=C(C5=CCN(C)CC5)C=C/C4=C\C=C3)cc2s1. The van der Waals surface area contributed by atoms with E-state index in [0.29, 0.717) is 0 Å². The summed E-state index contributed by atoms with van der Waals surface area (Å²) in [5, 5.41) is 1.05. The molecule has 0 bridgehead atoms. The van der Waals surface area contributed by atoms with Crippen LogP contribution in [-0.4, -0.2) is 40.8 Å². The molecule has 0 radical (unpaired) electrons. The van der Waals surface area contributed by atoms with Gasteiger partial charge in [0.25, 0.3) is 5.91 Å². The van der Waals surface area contributed by atoms with Gasteiger partial charge in [-0.1, -0.05) is 30.4 Å². The Morgan fingerprint density at radius 3 is 2.87 bits per heavy atom. The Hall–Kier alpha value is -3.02. The minimum atomic E-state index is -0.0310. The lowest BCUT2D eigenvalue weighted by Crippen LogP contribution is -2.27. The molecule has 0 aliphatic carbocycles. The first kappa shape index (κ1) is 19.0. The molecule has 3 aliphatic heterocycles. The number of benzene rings is 1. The molecular weight excluding hydrogens is 390 g/mol. The van der Waals surface area contributed by atoms with Crippen molar-refractivity contribution in [2.24, 2.45) is 0 Å². The Bertz CT molecular complexity index is 1220. The van der Waals surface area contributed by atoms with Crippen LogP contribution in [0.15, 0.2) is 83.8 Å². The molecule has 5 heteroatoms. The van der Waals surface area contributed by atoms with Gasteiger partial charge in [-0.25, -0.2) is 4.98 Å². The fourth-order valence-corrected chi connectivity index (χ4v) is 4.83. The highest BCUT2D eigenvalue weighted by atomic mass is 32.1. The van der Waals surface area contributed by atoms with Gasteiger partial charge in [-0.3, -0.25) is 9.69 Å². The van der Waals surface area contributed by atoms with E-state index in [9.17, 15) is 4.79 Å². The maximum atomic E-state index is 13.2. The summed E-state index contributed by atoms with van der Waals surface area (Å²) in [4.78, 5) is 21.8. The van der Waals surface area contributed by atoms with Crippen molar-refractivity contribution in [1.29, 1.82) is 0 Å². The predicted octanol–water partition coefficient (Wildman–Crippen LogP) is 4.99. The number of aryl methyl sites for hydroxylation is 1. The molecule has 0 atom stereocenters. The first-order chi connectivity index (χ1) is 14.6. The van der Waals surface area contributed by atoms with Gasteiger partial charge in [0.15, 0.2) is 0 Å². The van der Waals surface area contributed by atoms with Crippen LogP contribution in [-0.2, 0) is 4.79 Å². The summed E-state index contributed by atoms with van der Waals surface area (Å²) in [6, 6.07) is 6.19. The van der Waals surface area contributed by atoms with E-state index in [0.717, 1.165) is 57.1 Å². The second-order valence-electron chi connectivity index (χ2n) is 7.83. The second kappa shape index (κ2) is 7.67. The number of amides is 1. The second-order valence-corrected chi connectivity index (χ2v) is 9.07. The molecule has 0 N–H and O–H groups in total. The van der Waals surface area contributed by atoms with Gasteiger partial charge in [0.1, 0.15) is 0 Å². The van der Waals surface area contributed by atoms with Crippen molar-refractivity contribution in [2.75, 3.05) is 20.1 Å². The van der Waals surface area contributed by atoms with E-state index in [1.165, 1.54) is 5.57 Å². The molecule has 150 valence electrons. The van der Waals surface area contributed by atoms with Gasteiger partial charge in [-0.2, -0.15) is 0 Å². The largest absolute Gasteiger partial charge is 0.302 e. The van der Waals surface area contributed by atoms with Crippen molar-refractivity contribution in [1.82, 2.24) is 14.8 Å². The van der Waals surface area contributed by atoms with Crippen LogP contribution >= 0.6 is 11.3 Å². The molecular formula is C25H23N3OS. The molecule has 0 fully saturated rings. The van der Waals surface area contributed by atoms with Gasteiger partial charge in [-0.05, 0) is 67.0 Å². The molecule has 0 saturated carbocycles. The minimum Gasteiger partial charge on any atom is -0.302 e. The van der Waals surface area contributed by atoms with Crippen LogP contribution in [0.4, 0.5) is 0 Å². The number of hydrogen-bond donors (Lipinski definition) is 0. The Morgan fingerprint density at radius 2 is 2.03 bits per heavy atom. The van der Waals surface area contributed by atoms with Crippen molar-refractivity contribution in [3.05, 3.63) is 94.3 Å². The number of nitrogens with zero attached hydrogens (tertiary/aromatic N) is 3. The average Bonchev–Trinajstić information content (AvgIpc) is 3.11. The Kier molecular flexibility index (Phi) is 4.85. The lowest BCUT2D eigenvalue weighted by Gasteiger charge is -2.27. The number of carbonyl (C=O) groups is 1. The number of hydrogen-bond acceptors (Lipinski definition) is 4. The van der Waals surface area contributed by atoms with Crippen molar-refractivity contribution < 1.29 is 4.79 Å². The minimum absolute atomic E-state index is 0.0310. The van der Waals surface area contributed by atoms with Crippen molar-refractivity contribution >= 4 is 33.0 Å². The van der Waals surface area contributed by atoms with Gasteiger partial charge >= 0.3 is 0 Å². The van der Waals surface area contributed by atoms with Gasteiger partial charge in [-0.15, -0.1) is 11.3 Å². The quantitative estimate of drug-likeness (QED) is 0.696. The molecule has 1 aromatic heterocycles. The summed E-state index contributed by atoms with van der Waals surface area (Å²) >= 11 is 1.68. The molecule has 30 heavy (non-hydrogen) atoms. The zero-order chi connectivity index (χ0) is 20.7. The van der Waals surface area contributed by atoms with Crippen LogP contribution < -0.4 is 0 Å². The third kappa shape index (κ3) is 3.62. The normalized spacial score (nSPS) is 21.4. The summed E-state index contributed by atoms with van der Waals surface area (Å²) in [6.45, 7) is 4.01. The first-order valence-electron chi connectivity index (χ1n) is 10.2. The fourth-order valence-electron chi connectivity index (χ4n) is 3.96. The number of allylic oxidation sites excluding steroid dienone is 7. The molecule has 1 aromatic carbocycles. The third-order valence-corrected chi connectivity index (χ3v) is 6.58. The standard InChI is InChI=1S/C25H23N3OS/c1-17-26-23-9-7-20(14-24(23)30-17)19-4-3-5-22-8-6-21(16-28(22)25(29)15-19)18-10-12-27(2)13-11-18/h3-10,14-16H,11-13H2,1-2H3/b4-3?,19-15?,22-5+. The smallest absolute Gasteiger partial charge is 0.255 e. The summed E-state index contributed by atoms with van der Waals surface area (Å²) in [7, 11) is 2.13. The number of fused-ring (bicyclic) bond motifs is 2.